The number of sulfone groups is 1. The molecule has 0 aliphatic heterocycles. The Hall–Kier alpha value is -2.34. The van der Waals surface area contributed by atoms with Crippen LogP contribution >= 0.6 is 0 Å². The molecule has 2 aromatic carbocycles. The fraction of sp³-hybridized carbons (Fsp3) is 0.316. The maximum atomic E-state index is 12.8. The van der Waals surface area contributed by atoms with Gasteiger partial charge in [0.25, 0.3) is 0 Å². The van der Waals surface area contributed by atoms with Crippen LogP contribution in [-0.4, -0.2) is 44.9 Å². The summed E-state index contributed by atoms with van der Waals surface area (Å²) in [7, 11) is -0.335. The topological polar surface area (TPSA) is 63.7 Å². The molecule has 0 aliphatic rings. The second kappa shape index (κ2) is 8.16. The van der Waals surface area contributed by atoms with Crippen molar-refractivity contribution in [3.8, 4) is 5.75 Å². The predicted octanol–water partition coefficient (Wildman–Crippen LogP) is 2.31. The van der Waals surface area contributed by atoms with Crippen LogP contribution in [0.3, 0.4) is 0 Å². The van der Waals surface area contributed by atoms with E-state index >= 15 is 0 Å². The Labute approximate surface area is 149 Å². The Morgan fingerprint density at radius 1 is 1.08 bits per heavy atom. The summed E-state index contributed by atoms with van der Waals surface area (Å²) >= 11 is 0. The fourth-order valence-corrected chi connectivity index (χ4v) is 3.66. The van der Waals surface area contributed by atoms with Gasteiger partial charge in [0.15, 0.2) is 9.84 Å². The van der Waals surface area contributed by atoms with Crippen molar-refractivity contribution in [1.29, 1.82) is 0 Å². The van der Waals surface area contributed by atoms with Gasteiger partial charge < -0.3 is 9.64 Å². The number of carbonyl (C=O) groups excluding carboxylic acids is 1. The number of hydrogen-bond donors (Lipinski definition) is 0. The van der Waals surface area contributed by atoms with Crippen LogP contribution in [0.5, 0.6) is 5.75 Å². The number of rotatable bonds is 7. The van der Waals surface area contributed by atoms with Gasteiger partial charge in [-0.2, -0.15) is 0 Å². The molecular formula is C19H23NO4S. The zero-order valence-electron chi connectivity index (χ0n) is 14.7. The number of hydrogen-bond acceptors (Lipinski definition) is 4. The van der Waals surface area contributed by atoms with E-state index in [9.17, 15) is 13.2 Å². The van der Waals surface area contributed by atoms with Crippen molar-refractivity contribution in [3.63, 3.8) is 0 Å². The van der Waals surface area contributed by atoms with Crippen LogP contribution in [0.4, 0.5) is 0 Å². The maximum absolute atomic E-state index is 12.8. The summed E-state index contributed by atoms with van der Waals surface area (Å²) in [5, 5.41) is -1.09. The van der Waals surface area contributed by atoms with Gasteiger partial charge in [0, 0.05) is 19.8 Å². The molecule has 134 valence electrons. The van der Waals surface area contributed by atoms with E-state index in [0.29, 0.717) is 12.3 Å². The molecule has 2 aromatic rings. The van der Waals surface area contributed by atoms with E-state index in [-0.39, 0.29) is 6.42 Å². The molecule has 0 N–H and O–H groups in total. The summed E-state index contributed by atoms with van der Waals surface area (Å²) in [5.41, 5.74) is 1.70. The van der Waals surface area contributed by atoms with E-state index in [4.69, 9.17) is 4.74 Å². The van der Waals surface area contributed by atoms with Crippen LogP contribution in [0.15, 0.2) is 54.6 Å². The maximum Gasteiger partial charge on any atom is 0.241 e. The third kappa shape index (κ3) is 5.32. The molecule has 1 amide bonds. The van der Waals surface area contributed by atoms with E-state index < -0.39 is 21.0 Å². The monoisotopic (exact) mass is 361 g/mol. The van der Waals surface area contributed by atoms with Gasteiger partial charge in [-0.3, -0.25) is 4.79 Å². The van der Waals surface area contributed by atoms with Crippen molar-refractivity contribution in [1.82, 2.24) is 4.90 Å². The average Bonchev–Trinajstić information content (AvgIpc) is 2.59. The molecule has 1 atom stereocenters. The Morgan fingerprint density at radius 3 is 2.32 bits per heavy atom. The van der Waals surface area contributed by atoms with Crippen molar-refractivity contribution in [2.75, 3.05) is 20.4 Å². The molecule has 0 spiro atoms. The number of amides is 1. The molecular weight excluding hydrogens is 338 g/mol. The number of nitrogens with zero attached hydrogens (tertiary/aromatic N) is 1. The standard InChI is InChI=1S/C19H23NO4S/c1-20(14-16-10-7-11-17(12-16)24-2)19(21)18(25(3,22)23)13-15-8-5-4-6-9-15/h4-12,18H,13-14H2,1-3H3. The normalized spacial score (nSPS) is 12.4. The van der Waals surface area contributed by atoms with Gasteiger partial charge in [-0.15, -0.1) is 0 Å². The quantitative estimate of drug-likeness (QED) is 0.759. The summed E-state index contributed by atoms with van der Waals surface area (Å²) in [6.45, 7) is 0.316. The molecule has 0 radical (unpaired) electrons. The minimum atomic E-state index is -3.53. The predicted molar refractivity (Wildman–Crippen MR) is 98.2 cm³/mol. The minimum absolute atomic E-state index is 0.168. The van der Waals surface area contributed by atoms with E-state index in [1.165, 1.54) is 4.90 Å². The van der Waals surface area contributed by atoms with E-state index in [0.717, 1.165) is 17.4 Å². The highest BCUT2D eigenvalue weighted by Crippen LogP contribution is 2.17. The van der Waals surface area contributed by atoms with E-state index in [2.05, 4.69) is 0 Å². The van der Waals surface area contributed by atoms with Crippen LogP contribution < -0.4 is 4.74 Å². The zero-order chi connectivity index (χ0) is 18.4. The highest BCUT2D eigenvalue weighted by atomic mass is 32.2. The van der Waals surface area contributed by atoms with Gasteiger partial charge in [0.05, 0.1) is 7.11 Å². The first-order chi connectivity index (χ1) is 11.8. The van der Waals surface area contributed by atoms with E-state index in [1.807, 2.05) is 54.6 Å². The molecule has 2 rings (SSSR count). The summed E-state index contributed by atoms with van der Waals surface area (Å²) in [6.07, 6.45) is 1.28. The third-order valence-corrected chi connectivity index (χ3v) is 5.39. The summed E-state index contributed by atoms with van der Waals surface area (Å²) < 4.78 is 29.5. The number of methoxy groups -OCH3 is 1. The van der Waals surface area contributed by atoms with Crippen molar-refractivity contribution in [2.24, 2.45) is 0 Å². The summed E-state index contributed by atoms with van der Waals surface area (Å²) in [6, 6.07) is 16.5. The van der Waals surface area contributed by atoms with Crippen molar-refractivity contribution < 1.29 is 17.9 Å². The molecule has 0 fully saturated rings. The minimum Gasteiger partial charge on any atom is -0.497 e. The van der Waals surface area contributed by atoms with Gasteiger partial charge in [-0.25, -0.2) is 8.42 Å². The van der Waals surface area contributed by atoms with Crippen molar-refractivity contribution in [3.05, 3.63) is 65.7 Å². The van der Waals surface area contributed by atoms with Gasteiger partial charge in [-0.05, 0) is 29.7 Å². The molecule has 5 nitrogen and oxygen atoms in total. The fourth-order valence-electron chi connectivity index (χ4n) is 2.62. The number of carbonyl (C=O) groups is 1. The first-order valence-electron chi connectivity index (χ1n) is 7.92. The lowest BCUT2D eigenvalue weighted by Crippen LogP contribution is -2.41. The highest BCUT2D eigenvalue weighted by Gasteiger charge is 2.31. The smallest absolute Gasteiger partial charge is 0.241 e. The van der Waals surface area contributed by atoms with E-state index in [1.54, 1.807) is 14.2 Å². The molecule has 6 heteroatoms. The van der Waals surface area contributed by atoms with Crippen molar-refractivity contribution in [2.45, 2.75) is 18.2 Å². The van der Waals surface area contributed by atoms with Crippen LogP contribution in [0.1, 0.15) is 11.1 Å². The zero-order valence-corrected chi connectivity index (χ0v) is 15.5. The molecule has 0 heterocycles. The second-order valence-electron chi connectivity index (χ2n) is 6.05. The molecule has 0 aromatic heterocycles. The lowest BCUT2D eigenvalue weighted by atomic mass is 10.1. The average molecular weight is 361 g/mol. The van der Waals surface area contributed by atoms with Gasteiger partial charge >= 0.3 is 0 Å². The number of benzene rings is 2. The SMILES string of the molecule is COc1cccc(CN(C)C(=O)C(Cc2ccccc2)S(C)(=O)=O)c1. The Balaban J connectivity index is 2.17. The second-order valence-corrected chi connectivity index (χ2v) is 8.28. The third-order valence-electron chi connectivity index (χ3n) is 3.99. The molecule has 0 bridgehead atoms. The number of ether oxygens (including phenoxy) is 1. The van der Waals surface area contributed by atoms with Crippen LogP contribution in [-0.2, 0) is 27.6 Å². The van der Waals surface area contributed by atoms with Crippen LogP contribution in [0, 0.1) is 0 Å². The molecule has 0 saturated carbocycles. The van der Waals surface area contributed by atoms with Gasteiger partial charge in [-0.1, -0.05) is 42.5 Å². The van der Waals surface area contributed by atoms with Crippen LogP contribution in [0.2, 0.25) is 0 Å². The molecule has 1 unspecified atom stereocenters. The largest absolute Gasteiger partial charge is 0.497 e. The lowest BCUT2D eigenvalue weighted by Gasteiger charge is -2.23. The van der Waals surface area contributed by atoms with Gasteiger partial charge in [0.1, 0.15) is 11.0 Å². The Bertz CT molecular complexity index is 818. The first kappa shape index (κ1) is 19.0. The van der Waals surface area contributed by atoms with Gasteiger partial charge in [0.2, 0.25) is 5.91 Å². The Morgan fingerprint density at radius 2 is 1.72 bits per heavy atom. The molecule has 0 aliphatic carbocycles. The van der Waals surface area contributed by atoms with Crippen molar-refractivity contribution >= 4 is 15.7 Å². The first-order valence-corrected chi connectivity index (χ1v) is 9.87. The summed E-state index contributed by atoms with van der Waals surface area (Å²) in [5.74, 6) is 0.288. The molecule has 0 saturated heterocycles. The summed E-state index contributed by atoms with van der Waals surface area (Å²) in [4.78, 5) is 14.2. The van der Waals surface area contributed by atoms with Crippen LogP contribution in [0.25, 0.3) is 0 Å². The lowest BCUT2D eigenvalue weighted by molar-refractivity contribution is -0.129. The Kier molecular flexibility index (Phi) is 6.20. The molecule has 25 heavy (non-hydrogen) atoms. The highest BCUT2D eigenvalue weighted by molar-refractivity contribution is 7.92.